The van der Waals surface area contributed by atoms with Crippen LogP contribution in [0, 0.1) is 0 Å². The molecule has 0 radical (unpaired) electrons. The maximum Gasteiger partial charge on any atom is 0.391 e. The SMILES string of the molecule is CNCc1nc(N(C)C)cc2c1CN(c1cccc(-c3nncn3C(C)CC(F)(F)F)n1)C2=O. The van der Waals surface area contributed by atoms with Crippen LogP contribution in [0.25, 0.3) is 11.5 Å². The van der Waals surface area contributed by atoms with E-state index in [0.717, 1.165) is 11.3 Å². The number of carbonyl (C=O) groups is 1. The number of hydrogen-bond acceptors (Lipinski definition) is 7. The normalized spacial score (nSPS) is 14.4. The molecule has 0 fully saturated rings. The van der Waals surface area contributed by atoms with Crippen molar-refractivity contribution in [1.29, 1.82) is 0 Å². The maximum atomic E-state index is 13.3. The molecule has 0 saturated carbocycles. The highest BCUT2D eigenvalue weighted by molar-refractivity contribution is 6.10. The van der Waals surface area contributed by atoms with E-state index in [1.807, 2.05) is 26.0 Å². The fourth-order valence-corrected chi connectivity index (χ4v) is 3.96. The van der Waals surface area contributed by atoms with Gasteiger partial charge < -0.3 is 14.8 Å². The minimum atomic E-state index is -4.32. The number of hydrogen-bond donors (Lipinski definition) is 1. The summed E-state index contributed by atoms with van der Waals surface area (Å²) in [5.74, 6) is 1.04. The van der Waals surface area contributed by atoms with E-state index < -0.39 is 18.6 Å². The molecule has 3 aromatic heterocycles. The van der Waals surface area contributed by atoms with E-state index >= 15 is 0 Å². The van der Waals surface area contributed by atoms with E-state index in [2.05, 4.69) is 25.5 Å². The van der Waals surface area contributed by atoms with E-state index in [1.54, 1.807) is 24.3 Å². The molecule has 9 nitrogen and oxygen atoms in total. The van der Waals surface area contributed by atoms with Crippen LogP contribution < -0.4 is 15.1 Å². The number of pyridine rings is 2. The summed E-state index contributed by atoms with van der Waals surface area (Å²) in [4.78, 5) is 25.9. The second-order valence-electron chi connectivity index (χ2n) is 8.38. The van der Waals surface area contributed by atoms with Crippen LogP contribution in [0.15, 0.2) is 30.6 Å². The maximum absolute atomic E-state index is 13.3. The minimum absolute atomic E-state index is 0.204. The van der Waals surface area contributed by atoms with Crippen LogP contribution in [-0.4, -0.2) is 58.0 Å². The Morgan fingerprint density at radius 2 is 2.00 bits per heavy atom. The first kappa shape index (κ1) is 23.6. The largest absolute Gasteiger partial charge is 0.391 e. The standard InChI is InChI=1S/C22H25F3N8O/c1-13(9-22(23,24)25)33-12-27-30-20(33)16-6-5-7-18(28-16)32-11-15-14(21(32)34)8-19(31(3)4)29-17(15)10-26-2/h5-8,12-13,26H,9-11H2,1-4H3. The van der Waals surface area contributed by atoms with Gasteiger partial charge >= 0.3 is 6.18 Å². The zero-order valence-corrected chi connectivity index (χ0v) is 19.3. The van der Waals surface area contributed by atoms with E-state index in [9.17, 15) is 18.0 Å². The molecule has 0 saturated heterocycles. The van der Waals surface area contributed by atoms with Crippen molar-refractivity contribution in [3.8, 4) is 11.5 Å². The number of halogens is 3. The first-order valence-electron chi connectivity index (χ1n) is 10.7. The molecule has 34 heavy (non-hydrogen) atoms. The lowest BCUT2D eigenvalue weighted by molar-refractivity contribution is -0.141. The molecule has 4 rings (SSSR count). The van der Waals surface area contributed by atoms with Gasteiger partial charge in [0.2, 0.25) is 0 Å². The molecule has 12 heteroatoms. The Kier molecular flexibility index (Phi) is 6.26. The summed E-state index contributed by atoms with van der Waals surface area (Å²) in [6, 6.07) is 5.87. The number of anilines is 2. The minimum Gasteiger partial charge on any atom is -0.363 e. The molecular weight excluding hydrogens is 449 g/mol. The quantitative estimate of drug-likeness (QED) is 0.562. The van der Waals surface area contributed by atoms with Crippen LogP contribution in [0.2, 0.25) is 0 Å². The Morgan fingerprint density at radius 1 is 1.24 bits per heavy atom. The van der Waals surface area contributed by atoms with Crippen LogP contribution in [0.5, 0.6) is 0 Å². The lowest BCUT2D eigenvalue weighted by Crippen LogP contribution is -2.24. The predicted octanol–water partition coefficient (Wildman–Crippen LogP) is 3.19. The first-order chi connectivity index (χ1) is 16.1. The lowest BCUT2D eigenvalue weighted by Gasteiger charge is -2.18. The van der Waals surface area contributed by atoms with E-state index in [1.165, 1.54) is 22.7 Å². The van der Waals surface area contributed by atoms with Crippen molar-refractivity contribution in [2.24, 2.45) is 0 Å². The Bertz CT molecular complexity index is 1210. The zero-order valence-electron chi connectivity index (χ0n) is 19.3. The summed E-state index contributed by atoms with van der Waals surface area (Å²) >= 11 is 0. The van der Waals surface area contributed by atoms with E-state index in [0.29, 0.717) is 36.0 Å². The van der Waals surface area contributed by atoms with E-state index in [4.69, 9.17) is 0 Å². The monoisotopic (exact) mass is 474 g/mol. The van der Waals surface area contributed by atoms with Crippen molar-refractivity contribution >= 4 is 17.5 Å². The second kappa shape index (κ2) is 9.01. The van der Waals surface area contributed by atoms with Gasteiger partial charge in [-0.05, 0) is 32.2 Å². The molecular formula is C22H25F3N8O. The third-order valence-electron chi connectivity index (χ3n) is 5.61. The summed E-state index contributed by atoms with van der Waals surface area (Å²) in [6.07, 6.45) is -4.09. The number of aromatic nitrogens is 5. The van der Waals surface area contributed by atoms with Crippen LogP contribution in [-0.2, 0) is 13.1 Å². The van der Waals surface area contributed by atoms with Crippen LogP contribution >= 0.6 is 0 Å². The molecule has 1 atom stereocenters. The van der Waals surface area contributed by atoms with Gasteiger partial charge in [0.05, 0.1) is 24.2 Å². The van der Waals surface area contributed by atoms with Crippen molar-refractivity contribution in [3.05, 3.63) is 47.4 Å². The second-order valence-corrected chi connectivity index (χ2v) is 8.38. The summed E-state index contributed by atoms with van der Waals surface area (Å²) in [5, 5.41) is 10.9. The Balaban J connectivity index is 1.68. The van der Waals surface area contributed by atoms with Gasteiger partial charge in [-0.1, -0.05) is 6.07 Å². The molecule has 1 N–H and O–H groups in total. The van der Waals surface area contributed by atoms with Gasteiger partial charge in [0.1, 0.15) is 23.7 Å². The van der Waals surface area contributed by atoms with Crippen molar-refractivity contribution < 1.29 is 18.0 Å². The molecule has 1 aliphatic rings. The third-order valence-corrected chi connectivity index (χ3v) is 5.61. The van der Waals surface area contributed by atoms with E-state index in [-0.39, 0.29) is 11.7 Å². The average Bonchev–Trinajstić information content (AvgIpc) is 3.38. The first-order valence-corrected chi connectivity index (χ1v) is 10.7. The molecule has 0 aliphatic carbocycles. The number of fused-ring (bicyclic) bond motifs is 1. The topological polar surface area (TPSA) is 92.1 Å². The highest BCUT2D eigenvalue weighted by Gasteiger charge is 2.34. The van der Waals surface area contributed by atoms with Crippen molar-refractivity contribution in [2.75, 3.05) is 30.9 Å². The Morgan fingerprint density at radius 3 is 2.68 bits per heavy atom. The number of nitrogens with one attached hydrogen (secondary N) is 1. The van der Waals surface area contributed by atoms with Gasteiger partial charge in [-0.2, -0.15) is 13.2 Å². The predicted molar refractivity (Wildman–Crippen MR) is 120 cm³/mol. The van der Waals surface area contributed by atoms with Crippen LogP contribution in [0.1, 0.15) is 41.0 Å². The molecule has 0 aromatic carbocycles. The third kappa shape index (κ3) is 4.58. The van der Waals surface area contributed by atoms with Gasteiger partial charge in [0, 0.05) is 32.2 Å². The van der Waals surface area contributed by atoms with Crippen LogP contribution in [0.4, 0.5) is 24.8 Å². The summed E-state index contributed by atoms with van der Waals surface area (Å²) in [5.41, 5.74) is 2.48. The molecule has 0 bridgehead atoms. The summed E-state index contributed by atoms with van der Waals surface area (Å²) < 4.78 is 40.1. The van der Waals surface area contributed by atoms with Gasteiger partial charge in [0.15, 0.2) is 5.82 Å². The lowest BCUT2D eigenvalue weighted by atomic mass is 10.1. The number of carbonyl (C=O) groups excluding carboxylic acids is 1. The van der Waals surface area contributed by atoms with Crippen molar-refractivity contribution in [3.63, 3.8) is 0 Å². The van der Waals surface area contributed by atoms with Crippen LogP contribution in [0.3, 0.4) is 0 Å². The van der Waals surface area contributed by atoms with Gasteiger partial charge in [-0.3, -0.25) is 9.69 Å². The molecule has 1 amide bonds. The number of alkyl halides is 3. The Labute approximate surface area is 194 Å². The smallest absolute Gasteiger partial charge is 0.363 e. The van der Waals surface area contributed by atoms with Crippen molar-refractivity contribution in [2.45, 2.75) is 38.7 Å². The number of amides is 1. The number of rotatable bonds is 7. The van der Waals surface area contributed by atoms with Crippen molar-refractivity contribution in [1.82, 2.24) is 30.0 Å². The highest BCUT2D eigenvalue weighted by atomic mass is 19.4. The fraction of sp³-hybridized carbons (Fsp3) is 0.409. The number of nitrogens with zero attached hydrogens (tertiary/aromatic N) is 7. The average molecular weight is 474 g/mol. The summed E-state index contributed by atoms with van der Waals surface area (Å²) in [7, 11) is 5.53. The molecule has 4 heterocycles. The molecule has 3 aromatic rings. The fourth-order valence-electron chi connectivity index (χ4n) is 3.96. The van der Waals surface area contributed by atoms with Gasteiger partial charge in [-0.15, -0.1) is 10.2 Å². The summed E-state index contributed by atoms with van der Waals surface area (Å²) in [6.45, 7) is 2.24. The molecule has 180 valence electrons. The highest BCUT2D eigenvalue weighted by Crippen LogP contribution is 2.33. The molecule has 0 spiro atoms. The Hall–Kier alpha value is -3.54. The molecule has 1 aliphatic heterocycles. The molecule has 1 unspecified atom stereocenters. The zero-order chi connectivity index (χ0) is 24.6. The van der Waals surface area contributed by atoms with Gasteiger partial charge in [-0.25, -0.2) is 9.97 Å². The van der Waals surface area contributed by atoms with Gasteiger partial charge in [0.25, 0.3) is 5.91 Å².